The molecule has 1 aromatic carbocycles. The topological polar surface area (TPSA) is 20.3 Å². The van der Waals surface area contributed by atoms with Crippen LogP contribution in [0.3, 0.4) is 0 Å². The van der Waals surface area contributed by atoms with Crippen LogP contribution in [-0.2, 0) is 11.2 Å². The molecule has 1 saturated carbocycles. The molecule has 0 spiro atoms. The number of hydrogen-bond acceptors (Lipinski definition) is 1. The van der Waals surface area contributed by atoms with E-state index in [4.69, 9.17) is 0 Å². The molecule has 86 valence electrons. The molecule has 0 aromatic heterocycles. The van der Waals surface area contributed by atoms with Crippen LogP contribution < -0.4 is 0 Å². The number of rotatable bonds is 4. The fraction of sp³-hybridized carbons (Fsp3) is 0.500. The van der Waals surface area contributed by atoms with Crippen molar-refractivity contribution in [3.63, 3.8) is 0 Å². The Morgan fingerprint density at radius 1 is 1.31 bits per heavy atom. The smallest absolute Gasteiger partial charge is 0.227 e. The maximum atomic E-state index is 12.2. The highest BCUT2D eigenvalue weighted by atomic mass is 16.2. The monoisotopic (exact) mass is 217 g/mol. The van der Waals surface area contributed by atoms with Crippen molar-refractivity contribution in [1.82, 2.24) is 4.90 Å². The van der Waals surface area contributed by atoms with Gasteiger partial charge in [0.2, 0.25) is 5.91 Å². The summed E-state index contributed by atoms with van der Waals surface area (Å²) in [6.07, 6.45) is 2.90. The Morgan fingerprint density at radius 2 is 1.94 bits per heavy atom. The van der Waals surface area contributed by atoms with Crippen LogP contribution >= 0.6 is 0 Å². The number of nitrogens with zero attached hydrogens (tertiary/aromatic N) is 1. The molecule has 2 heteroatoms. The van der Waals surface area contributed by atoms with Crippen LogP contribution in [0.4, 0.5) is 0 Å². The lowest BCUT2D eigenvalue weighted by atomic mass is 10.1. The van der Waals surface area contributed by atoms with Gasteiger partial charge in [0.05, 0.1) is 6.42 Å². The minimum Gasteiger partial charge on any atom is -0.337 e. The summed E-state index contributed by atoms with van der Waals surface area (Å²) in [6, 6.07) is 10.8. The van der Waals surface area contributed by atoms with Crippen LogP contribution in [0.5, 0.6) is 0 Å². The van der Waals surface area contributed by atoms with Crippen molar-refractivity contribution in [2.75, 3.05) is 0 Å². The van der Waals surface area contributed by atoms with E-state index in [1.807, 2.05) is 35.2 Å². The second-order valence-electron chi connectivity index (χ2n) is 4.79. The Labute approximate surface area is 97.3 Å². The lowest BCUT2D eigenvalue weighted by Gasteiger charge is -2.26. The molecule has 0 unspecified atom stereocenters. The van der Waals surface area contributed by atoms with Crippen LogP contribution in [0.25, 0.3) is 0 Å². The van der Waals surface area contributed by atoms with Gasteiger partial charge in [0.25, 0.3) is 0 Å². The summed E-state index contributed by atoms with van der Waals surface area (Å²) in [5.74, 6) is 0.267. The highest BCUT2D eigenvalue weighted by molar-refractivity contribution is 5.79. The van der Waals surface area contributed by atoms with Gasteiger partial charge in [-0.05, 0) is 32.3 Å². The molecule has 1 aromatic rings. The molecule has 0 atom stereocenters. The quantitative estimate of drug-likeness (QED) is 0.759. The third-order valence-corrected chi connectivity index (χ3v) is 2.98. The lowest BCUT2D eigenvalue weighted by Crippen LogP contribution is -2.39. The predicted octanol–water partition coefficient (Wildman–Crippen LogP) is 2.63. The van der Waals surface area contributed by atoms with Gasteiger partial charge in [-0.2, -0.15) is 0 Å². The van der Waals surface area contributed by atoms with Gasteiger partial charge in [-0.3, -0.25) is 4.79 Å². The third-order valence-electron chi connectivity index (χ3n) is 2.98. The molecular formula is C14H19NO. The van der Waals surface area contributed by atoms with Crippen LogP contribution in [-0.4, -0.2) is 22.9 Å². The summed E-state index contributed by atoms with van der Waals surface area (Å²) < 4.78 is 0. The molecular weight excluding hydrogens is 198 g/mol. The standard InChI is InChI=1S/C14H19NO/c1-11(2)15(13-8-9-13)14(16)10-12-6-4-3-5-7-12/h3-7,11,13H,8-10H2,1-2H3. The maximum Gasteiger partial charge on any atom is 0.227 e. The van der Waals surface area contributed by atoms with Crippen molar-refractivity contribution in [1.29, 1.82) is 0 Å². The minimum atomic E-state index is 0.267. The van der Waals surface area contributed by atoms with Gasteiger partial charge >= 0.3 is 0 Å². The van der Waals surface area contributed by atoms with E-state index in [2.05, 4.69) is 13.8 Å². The van der Waals surface area contributed by atoms with Gasteiger partial charge < -0.3 is 4.90 Å². The zero-order valence-electron chi connectivity index (χ0n) is 10.0. The fourth-order valence-corrected chi connectivity index (χ4v) is 2.13. The number of hydrogen-bond donors (Lipinski definition) is 0. The molecule has 0 N–H and O–H groups in total. The van der Waals surface area contributed by atoms with E-state index in [0.717, 1.165) is 5.56 Å². The highest BCUT2D eigenvalue weighted by Crippen LogP contribution is 2.29. The molecule has 1 aliphatic carbocycles. The maximum absolute atomic E-state index is 12.2. The second kappa shape index (κ2) is 4.69. The molecule has 0 aliphatic heterocycles. The van der Waals surface area contributed by atoms with Gasteiger partial charge in [-0.25, -0.2) is 0 Å². The van der Waals surface area contributed by atoms with Gasteiger partial charge in [-0.1, -0.05) is 30.3 Å². The van der Waals surface area contributed by atoms with Crippen LogP contribution in [0.15, 0.2) is 30.3 Å². The zero-order chi connectivity index (χ0) is 11.5. The number of amides is 1. The van der Waals surface area contributed by atoms with E-state index in [1.54, 1.807) is 0 Å². The van der Waals surface area contributed by atoms with Gasteiger partial charge in [0.15, 0.2) is 0 Å². The first kappa shape index (κ1) is 11.2. The number of carbonyl (C=O) groups is 1. The van der Waals surface area contributed by atoms with Gasteiger partial charge in [-0.15, -0.1) is 0 Å². The molecule has 0 heterocycles. The zero-order valence-corrected chi connectivity index (χ0v) is 10.0. The first-order chi connectivity index (χ1) is 7.68. The molecule has 16 heavy (non-hydrogen) atoms. The van der Waals surface area contributed by atoms with Crippen molar-refractivity contribution in [3.05, 3.63) is 35.9 Å². The van der Waals surface area contributed by atoms with E-state index >= 15 is 0 Å². The van der Waals surface area contributed by atoms with Crippen LogP contribution in [0.2, 0.25) is 0 Å². The molecule has 2 nitrogen and oxygen atoms in total. The third kappa shape index (κ3) is 2.63. The summed E-state index contributed by atoms with van der Waals surface area (Å²) in [5, 5.41) is 0. The highest BCUT2D eigenvalue weighted by Gasteiger charge is 2.33. The van der Waals surface area contributed by atoms with Crippen LogP contribution in [0.1, 0.15) is 32.3 Å². The van der Waals surface area contributed by atoms with Crippen molar-refractivity contribution in [2.45, 2.75) is 45.2 Å². The summed E-state index contributed by atoms with van der Waals surface area (Å²) in [6.45, 7) is 4.20. The number of benzene rings is 1. The Hall–Kier alpha value is -1.31. The van der Waals surface area contributed by atoms with Gasteiger partial charge in [0.1, 0.15) is 0 Å². The molecule has 0 saturated heterocycles. The first-order valence-corrected chi connectivity index (χ1v) is 6.03. The average Bonchev–Trinajstić information content (AvgIpc) is 3.03. The molecule has 2 rings (SSSR count). The molecule has 1 amide bonds. The van der Waals surface area contributed by atoms with E-state index in [1.165, 1.54) is 12.8 Å². The second-order valence-corrected chi connectivity index (χ2v) is 4.79. The SMILES string of the molecule is CC(C)N(C(=O)Cc1ccccc1)C1CC1. The Kier molecular flexibility index (Phi) is 3.28. The average molecular weight is 217 g/mol. The predicted molar refractivity (Wildman–Crippen MR) is 65.2 cm³/mol. The summed E-state index contributed by atoms with van der Waals surface area (Å²) >= 11 is 0. The summed E-state index contributed by atoms with van der Waals surface area (Å²) in [4.78, 5) is 14.2. The molecule has 0 bridgehead atoms. The Bertz CT molecular complexity index is 352. The van der Waals surface area contributed by atoms with E-state index in [-0.39, 0.29) is 5.91 Å². The van der Waals surface area contributed by atoms with Crippen molar-refractivity contribution >= 4 is 5.91 Å². The van der Waals surface area contributed by atoms with Crippen LogP contribution in [0, 0.1) is 0 Å². The summed E-state index contributed by atoms with van der Waals surface area (Å²) in [7, 11) is 0. The Balaban J connectivity index is 2.01. The normalized spacial score (nSPS) is 15.2. The number of carbonyl (C=O) groups excluding carboxylic acids is 1. The fourth-order valence-electron chi connectivity index (χ4n) is 2.13. The minimum absolute atomic E-state index is 0.267. The van der Waals surface area contributed by atoms with Gasteiger partial charge in [0, 0.05) is 12.1 Å². The van der Waals surface area contributed by atoms with Crippen molar-refractivity contribution in [2.24, 2.45) is 0 Å². The Morgan fingerprint density at radius 3 is 2.44 bits per heavy atom. The van der Waals surface area contributed by atoms with E-state index < -0.39 is 0 Å². The first-order valence-electron chi connectivity index (χ1n) is 6.03. The molecule has 1 aliphatic rings. The molecule has 1 fully saturated rings. The van der Waals surface area contributed by atoms with Crippen molar-refractivity contribution < 1.29 is 4.79 Å². The van der Waals surface area contributed by atoms with Crippen molar-refractivity contribution in [3.8, 4) is 0 Å². The largest absolute Gasteiger partial charge is 0.337 e. The summed E-state index contributed by atoms with van der Waals surface area (Å²) in [5.41, 5.74) is 1.11. The van der Waals surface area contributed by atoms with E-state index in [9.17, 15) is 4.79 Å². The van der Waals surface area contributed by atoms with E-state index in [0.29, 0.717) is 18.5 Å². The molecule has 0 radical (unpaired) electrons. The lowest BCUT2D eigenvalue weighted by molar-refractivity contribution is -0.132.